The molecule has 4 rings (SSSR count). The highest BCUT2D eigenvalue weighted by molar-refractivity contribution is 5.90. The van der Waals surface area contributed by atoms with Gasteiger partial charge in [0.2, 0.25) is 5.91 Å². The van der Waals surface area contributed by atoms with Gasteiger partial charge in [-0.25, -0.2) is 4.68 Å². The van der Waals surface area contributed by atoms with Crippen LogP contribution in [0.3, 0.4) is 0 Å². The van der Waals surface area contributed by atoms with Gasteiger partial charge in [0.1, 0.15) is 11.4 Å². The highest BCUT2D eigenvalue weighted by Crippen LogP contribution is 2.29. The third-order valence-corrected chi connectivity index (χ3v) is 7.87. The molecule has 1 aliphatic heterocycles. The Kier molecular flexibility index (Phi) is 9.31. The van der Waals surface area contributed by atoms with E-state index in [1.807, 2.05) is 4.68 Å². The molecule has 9 heteroatoms. The van der Waals surface area contributed by atoms with E-state index in [4.69, 9.17) is 16.6 Å². The van der Waals surface area contributed by atoms with E-state index in [0.29, 0.717) is 13.0 Å². The molecule has 0 saturated carbocycles. The van der Waals surface area contributed by atoms with Gasteiger partial charge in [-0.3, -0.25) is 9.59 Å². The van der Waals surface area contributed by atoms with E-state index in [-0.39, 0.29) is 30.5 Å². The molecule has 1 aromatic heterocycles. The molecule has 41 heavy (non-hydrogen) atoms. The Labute approximate surface area is 243 Å². The molecule has 0 saturated heterocycles. The Morgan fingerprint density at radius 3 is 2.51 bits per heavy atom. The van der Waals surface area contributed by atoms with Crippen molar-refractivity contribution in [3.05, 3.63) is 71.5 Å². The van der Waals surface area contributed by atoms with Gasteiger partial charge < -0.3 is 26.8 Å². The van der Waals surface area contributed by atoms with Crippen LogP contribution in [0, 0.1) is 0 Å². The minimum absolute atomic E-state index is 0.0612. The fraction of sp³-hybridized carbons (Fsp3) is 0.469. The number of allylic oxidation sites excluding steroid dienone is 1. The number of nitrogens with two attached hydrogens (primary N) is 2. The highest BCUT2D eigenvalue weighted by Gasteiger charge is 2.33. The van der Waals surface area contributed by atoms with Gasteiger partial charge in [0.15, 0.2) is 5.78 Å². The fourth-order valence-corrected chi connectivity index (χ4v) is 5.03. The quantitative estimate of drug-likeness (QED) is 0.309. The molecule has 1 unspecified atom stereocenters. The van der Waals surface area contributed by atoms with Gasteiger partial charge in [0.05, 0.1) is 17.4 Å². The zero-order chi connectivity index (χ0) is 29.8. The molecule has 1 aliphatic carbocycles. The van der Waals surface area contributed by atoms with Gasteiger partial charge in [-0.2, -0.15) is 5.10 Å². The van der Waals surface area contributed by atoms with Gasteiger partial charge in [0.25, 0.3) is 0 Å². The Balaban J connectivity index is 1.41. The monoisotopic (exact) mass is 560 g/mol. The standard InChI is InChI=1S/C32H44N6O3/c1-31(2,3)24-7-9-25(10-8-24)38-29(21-27(36-38)23-13-18-37(4)19-14-23)35-17-5-6-28(39)32(41)15-11-22(12-16-32)20-26(33)30(34)40/h7-13,15,21,26,35,41H,5-6,14,16-20,33H2,1-4H3,(H2,34,40)/t26-,32?/m0/s1. The number of hydrogen-bond donors (Lipinski definition) is 4. The third kappa shape index (κ3) is 7.61. The Morgan fingerprint density at radius 1 is 1.20 bits per heavy atom. The van der Waals surface area contributed by atoms with Gasteiger partial charge in [-0.15, -0.1) is 0 Å². The molecular weight excluding hydrogens is 516 g/mol. The van der Waals surface area contributed by atoms with E-state index in [9.17, 15) is 14.7 Å². The lowest BCUT2D eigenvalue weighted by Crippen LogP contribution is -2.39. The number of amides is 1. The van der Waals surface area contributed by atoms with E-state index < -0.39 is 17.6 Å². The van der Waals surface area contributed by atoms with Crippen molar-refractivity contribution in [2.24, 2.45) is 11.5 Å². The average Bonchev–Trinajstić information content (AvgIpc) is 3.36. The minimum atomic E-state index is -1.55. The van der Waals surface area contributed by atoms with Gasteiger partial charge in [-0.05, 0) is 61.1 Å². The first-order chi connectivity index (χ1) is 19.4. The summed E-state index contributed by atoms with van der Waals surface area (Å²) in [6, 6.07) is 9.77. The smallest absolute Gasteiger partial charge is 0.234 e. The molecule has 0 radical (unpaired) electrons. The van der Waals surface area contributed by atoms with Crippen molar-refractivity contribution in [2.45, 2.75) is 69.9 Å². The summed E-state index contributed by atoms with van der Waals surface area (Å²) < 4.78 is 1.93. The SMILES string of the molecule is CN1CC=C(c2cc(NCCCC(=O)C3(O)C=CC(C[C@H](N)C(N)=O)=CC3)n(-c3ccc(C(C)(C)C)cc3)n2)CC1. The summed E-state index contributed by atoms with van der Waals surface area (Å²) >= 11 is 0. The molecule has 0 fully saturated rings. The van der Waals surface area contributed by atoms with Gasteiger partial charge >= 0.3 is 0 Å². The van der Waals surface area contributed by atoms with E-state index in [1.54, 1.807) is 12.2 Å². The first-order valence-electron chi connectivity index (χ1n) is 14.4. The van der Waals surface area contributed by atoms with Crippen molar-refractivity contribution < 1.29 is 14.7 Å². The van der Waals surface area contributed by atoms with E-state index >= 15 is 0 Å². The number of aliphatic hydroxyl groups is 1. The number of aromatic nitrogens is 2. The molecule has 1 aromatic carbocycles. The van der Waals surface area contributed by atoms with Crippen molar-refractivity contribution in [2.75, 3.05) is 32.0 Å². The molecule has 2 atom stereocenters. The van der Waals surface area contributed by atoms with Crippen LogP contribution in [0.2, 0.25) is 0 Å². The number of carbonyl (C=O) groups excluding carboxylic acids is 2. The van der Waals surface area contributed by atoms with Crippen molar-refractivity contribution in [3.8, 4) is 5.69 Å². The highest BCUT2D eigenvalue weighted by atomic mass is 16.3. The summed E-state index contributed by atoms with van der Waals surface area (Å²) in [5.41, 5.74) is 14.7. The predicted octanol–water partition coefficient (Wildman–Crippen LogP) is 3.47. The van der Waals surface area contributed by atoms with Gasteiger partial charge in [-0.1, -0.05) is 56.7 Å². The second-order valence-corrected chi connectivity index (χ2v) is 12.3. The maximum absolute atomic E-state index is 12.9. The number of ketones is 1. The summed E-state index contributed by atoms with van der Waals surface area (Å²) in [6.07, 6.45) is 9.30. The van der Waals surface area contributed by atoms with E-state index in [0.717, 1.165) is 42.3 Å². The van der Waals surface area contributed by atoms with Crippen LogP contribution in [-0.2, 0) is 15.0 Å². The summed E-state index contributed by atoms with van der Waals surface area (Å²) in [7, 11) is 2.12. The van der Waals surface area contributed by atoms with E-state index in [1.165, 1.54) is 17.2 Å². The fourth-order valence-electron chi connectivity index (χ4n) is 5.03. The molecule has 9 nitrogen and oxygen atoms in total. The van der Waals surface area contributed by atoms with Crippen molar-refractivity contribution in [1.82, 2.24) is 14.7 Å². The van der Waals surface area contributed by atoms with Crippen LogP contribution in [0.15, 0.2) is 60.2 Å². The van der Waals surface area contributed by atoms with Crippen molar-refractivity contribution >= 4 is 23.1 Å². The Morgan fingerprint density at radius 2 is 1.93 bits per heavy atom. The molecule has 1 amide bonds. The number of likely N-dealkylation sites (N-methyl/N-ethyl adjacent to an activating group) is 1. The largest absolute Gasteiger partial charge is 0.378 e. The second-order valence-electron chi connectivity index (χ2n) is 12.3. The van der Waals surface area contributed by atoms with Crippen LogP contribution in [0.25, 0.3) is 11.3 Å². The minimum Gasteiger partial charge on any atom is -0.378 e. The molecule has 6 N–H and O–H groups in total. The first kappa shape index (κ1) is 30.4. The number of hydrogen-bond acceptors (Lipinski definition) is 7. The normalized spacial score (nSPS) is 20.3. The van der Waals surface area contributed by atoms with Crippen LogP contribution < -0.4 is 16.8 Å². The number of Topliss-reactive ketones (excluding diaryl/α,β-unsaturated/α-hetero) is 1. The first-order valence-corrected chi connectivity index (χ1v) is 14.4. The lowest BCUT2D eigenvalue weighted by molar-refractivity contribution is -0.132. The molecule has 2 aromatic rings. The maximum atomic E-state index is 12.9. The van der Waals surface area contributed by atoms with Crippen LogP contribution in [0.1, 0.15) is 64.1 Å². The van der Waals surface area contributed by atoms with Crippen molar-refractivity contribution in [1.29, 1.82) is 0 Å². The zero-order valence-electron chi connectivity index (χ0n) is 24.7. The number of nitrogens with one attached hydrogen (secondary N) is 1. The number of carbonyl (C=O) groups is 2. The average molecular weight is 561 g/mol. The number of benzene rings is 1. The van der Waals surface area contributed by atoms with Crippen molar-refractivity contribution in [3.63, 3.8) is 0 Å². The Bertz CT molecular complexity index is 1350. The molecule has 2 heterocycles. The van der Waals surface area contributed by atoms with Crippen LogP contribution in [0.4, 0.5) is 5.82 Å². The Hall–Kier alpha value is -3.53. The molecular formula is C32H44N6O3. The number of primary amides is 1. The summed E-state index contributed by atoms with van der Waals surface area (Å²) in [5, 5.41) is 19.3. The maximum Gasteiger partial charge on any atom is 0.234 e. The lowest BCUT2D eigenvalue weighted by atomic mass is 9.85. The van der Waals surface area contributed by atoms with E-state index in [2.05, 4.69) is 74.4 Å². The number of anilines is 1. The molecule has 0 spiro atoms. The summed E-state index contributed by atoms with van der Waals surface area (Å²) in [5.74, 6) is 0.0427. The number of nitrogens with zero attached hydrogens (tertiary/aromatic N) is 3. The predicted molar refractivity (Wildman–Crippen MR) is 164 cm³/mol. The third-order valence-electron chi connectivity index (χ3n) is 7.87. The molecule has 220 valence electrons. The summed E-state index contributed by atoms with van der Waals surface area (Å²) in [6.45, 7) is 9.04. The lowest BCUT2D eigenvalue weighted by Gasteiger charge is -2.25. The molecule has 0 bridgehead atoms. The van der Waals surface area contributed by atoms with Crippen LogP contribution in [-0.4, -0.2) is 69.8 Å². The van der Waals surface area contributed by atoms with Crippen LogP contribution >= 0.6 is 0 Å². The zero-order valence-corrected chi connectivity index (χ0v) is 24.7. The summed E-state index contributed by atoms with van der Waals surface area (Å²) in [4.78, 5) is 26.4. The van der Waals surface area contributed by atoms with Crippen LogP contribution in [0.5, 0.6) is 0 Å². The second kappa shape index (κ2) is 12.5. The number of rotatable bonds is 11. The molecule has 2 aliphatic rings. The van der Waals surface area contributed by atoms with Gasteiger partial charge in [0, 0.05) is 38.5 Å². The topological polar surface area (TPSA) is 140 Å².